The molecule has 1 aliphatic heterocycles. The summed E-state index contributed by atoms with van der Waals surface area (Å²) in [6, 6.07) is 7.31. The first-order valence-electron chi connectivity index (χ1n) is 7.25. The molecule has 3 rings (SSSR count). The van der Waals surface area contributed by atoms with Crippen molar-refractivity contribution in [1.29, 1.82) is 0 Å². The monoisotopic (exact) mass is 382 g/mol. The van der Waals surface area contributed by atoms with E-state index in [1.54, 1.807) is 12.1 Å². The Hall–Kier alpha value is -1.54. The van der Waals surface area contributed by atoms with E-state index in [0.717, 1.165) is 15.3 Å². The minimum Gasteiger partial charge on any atom is -0.376 e. The lowest BCUT2D eigenvalue weighted by Crippen LogP contribution is -2.20. The zero-order valence-corrected chi connectivity index (χ0v) is 15.0. The molecule has 0 bridgehead atoms. The predicted molar refractivity (Wildman–Crippen MR) is 97.0 cm³/mol. The second-order valence-electron chi connectivity index (χ2n) is 5.17. The highest BCUT2D eigenvalue weighted by Gasteiger charge is 2.25. The summed E-state index contributed by atoms with van der Waals surface area (Å²) in [7, 11) is 0. The second-order valence-corrected chi connectivity index (χ2v) is 7.76. The zero-order chi connectivity index (χ0) is 17.1. The molecule has 0 spiro atoms. The van der Waals surface area contributed by atoms with Crippen LogP contribution in [0.1, 0.15) is 20.8 Å². The van der Waals surface area contributed by atoms with Gasteiger partial charge in [0, 0.05) is 14.8 Å². The number of amides is 2. The third-order valence-corrected chi connectivity index (χ3v) is 5.84. The number of ether oxygens (including phenoxy) is 1. The molecule has 8 heteroatoms. The number of hydrogen-bond donors (Lipinski definition) is 2. The van der Waals surface area contributed by atoms with Crippen molar-refractivity contribution in [3.05, 3.63) is 45.3 Å². The Morgan fingerprint density at radius 2 is 2.25 bits per heavy atom. The molecule has 0 fully saturated rings. The van der Waals surface area contributed by atoms with Gasteiger partial charge >= 0.3 is 0 Å². The van der Waals surface area contributed by atoms with Crippen molar-refractivity contribution in [2.45, 2.75) is 17.9 Å². The summed E-state index contributed by atoms with van der Waals surface area (Å²) in [5.74, 6) is -0.494. The number of halogens is 1. The topological polar surface area (TPSA) is 81.4 Å². The third-order valence-electron chi connectivity index (χ3n) is 3.49. The first-order chi connectivity index (χ1) is 11.5. The molecule has 2 aromatic rings. The highest BCUT2D eigenvalue weighted by Crippen LogP contribution is 2.36. The lowest BCUT2D eigenvalue weighted by atomic mass is 10.1. The van der Waals surface area contributed by atoms with Crippen LogP contribution in [0.2, 0.25) is 5.02 Å². The van der Waals surface area contributed by atoms with Crippen LogP contribution in [-0.2, 0) is 22.6 Å². The van der Waals surface area contributed by atoms with Crippen molar-refractivity contribution in [3.63, 3.8) is 0 Å². The number of rotatable bonds is 5. The van der Waals surface area contributed by atoms with Crippen molar-refractivity contribution in [2.75, 3.05) is 17.7 Å². The van der Waals surface area contributed by atoms with Gasteiger partial charge in [-0.05, 0) is 30.2 Å². The fraction of sp³-hybridized carbons (Fsp3) is 0.250. The molecule has 0 unspecified atom stereocenters. The van der Waals surface area contributed by atoms with Gasteiger partial charge in [0.15, 0.2) is 0 Å². The summed E-state index contributed by atoms with van der Waals surface area (Å²) in [5, 5.41) is 3.94. The molecule has 1 aromatic carbocycles. The lowest BCUT2D eigenvalue weighted by Gasteiger charge is -2.12. The van der Waals surface area contributed by atoms with Crippen molar-refractivity contribution in [3.8, 4) is 0 Å². The molecule has 3 N–H and O–H groups in total. The number of carbonyl (C=O) groups is 2. The van der Waals surface area contributed by atoms with Crippen molar-refractivity contribution in [2.24, 2.45) is 5.73 Å². The summed E-state index contributed by atoms with van der Waals surface area (Å²) in [6.45, 7) is 1.01. The van der Waals surface area contributed by atoms with E-state index in [2.05, 4.69) is 5.32 Å². The maximum absolute atomic E-state index is 12.2. The van der Waals surface area contributed by atoms with Crippen LogP contribution < -0.4 is 11.1 Å². The molecule has 24 heavy (non-hydrogen) atoms. The van der Waals surface area contributed by atoms with E-state index >= 15 is 0 Å². The molecule has 0 saturated carbocycles. The van der Waals surface area contributed by atoms with Crippen LogP contribution in [0.4, 0.5) is 5.00 Å². The van der Waals surface area contributed by atoms with Crippen LogP contribution in [0.15, 0.2) is 29.2 Å². The van der Waals surface area contributed by atoms with E-state index in [-0.39, 0.29) is 11.7 Å². The largest absolute Gasteiger partial charge is 0.376 e. The van der Waals surface area contributed by atoms with Gasteiger partial charge in [-0.3, -0.25) is 9.59 Å². The number of benzene rings is 1. The molecule has 0 radical (unpaired) electrons. The summed E-state index contributed by atoms with van der Waals surface area (Å²) >= 11 is 8.66. The first kappa shape index (κ1) is 17.3. The smallest absolute Gasteiger partial charge is 0.251 e. The van der Waals surface area contributed by atoms with Crippen molar-refractivity contribution >= 4 is 51.5 Å². The van der Waals surface area contributed by atoms with Gasteiger partial charge in [-0.15, -0.1) is 23.1 Å². The average molecular weight is 383 g/mol. The normalized spacial score (nSPS) is 13.4. The second kappa shape index (κ2) is 7.57. The Morgan fingerprint density at radius 3 is 3.00 bits per heavy atom. The van der Waals surface area contributed by atoms with E-state index < -0.39 is 5.91 Å². The SMILES string of the molecule is NC(=O)c1c(NC(=O)CSc2cccc(Cl)c2)sc2c1CCOC2. The van der Waals surface area contributed by atoms with E-state index in [4.69, 9.17) is 22.1 Å². The average Bonchev–Trinajstić information content (AvgIpc) is 2.91. The first-order valence-corrected chi connectivity index (χ1v) is 9.43. The van der Waals surface area contributed by atoms with Crippen LogP contribution in [-0.4, -0.2) is 24.2 Å². The minimum atomic E-state index is -0.521. The molecular weight excluding hydrogens is 368 g/mol. The number of primary amides is 1. The van der Waals surface area contributed by atoms with Gasteiger partial charge in [0.2, 0.25) is 5.91 Å². The molecule has 126 valence electrons. The van der Waals surface area contributed by atoms with Crippen molar-refractivity contribution in [1.82, 2.24) is 0 Å². The van der Waals surface area contributed by atoms with E-state index in [0.29, 0.717) is 35.2 Å². The fourth-order valence-corrected chi connectivity index (χ4v) is 4.67. The van der Waals surface area contributed by atoms with Crippen LogP contribution in [0, 0.1) is 0 Å². The van der Waals surface area contributed by atoms with Gasteiger partial charge in [0.1, 0.15) is 5.00 Å². The van der Waals surface area contributed by atoms with E-state index in [1.807, 2.05) is 12.1 Å². The highest BCUT2D eigenvalue weighted by atomic mass is 35.5. The molecule has 0 aliphatic carbocycles. The summed E-state index contributed by atoms with van der Waals surface area (Å²) in [4.78, 5) is 25.8. The number of thiophene rings is 1. The van der Waals surface area contributed by atoms with Gasteiger partial charge < -0.3 is 15.8 Å². The molecule has 0 atom stereocenters. The summed E-state index contributed by atoms with van der Waals surface area (Å²) in [6.07, 6.45) is 0.636. The molecule has 1 aliphatic rings. The van der Waals surface area contributed by atoms with Gasteiger partial charge in [0.05, 0.1) is 24.5 Å². The highest BCUT2D eigenvalue weighted by molar-refractivity contribution is 8.00. The third kappa shape index (κ3) is 3.92. The van der Waals surface area contributed by atoms with Gasteiger partial charge in [-0.25, -0.2) is 0 Å². The van der Waals surface area contributed by atoms with Gasteiger partial charge in [-0.1, -0.05) is 17.7 Å². The number of thioether (sulfide) groups is 1. The Morgan fingerprint density at radius 1 is 1.42 bits per heavy atom. The Kier molecular flexibility index (Phi) is 5.45. The predicted octanol–water partition coefficient (Wildman–Crippen LogP) is 3.30. The molecule has 2 heterocycles. The minimum absolute atomic E-state index is 0.193. The quantitative estimate of drug-likeness (QED) is 0.777. The Labute approximate surface area is 152 Å². The molecular formula is C16H15ClN2O3S2. The van der Waals surface area contributed by atoms with E-state index in [9.17, 15) is 9.59 Å². The number of nitrogens with one attached hydrogen (secondary N) is 1. The number of nitrogens with two attached hydrogens (primary N) is 1. The summed E-state index contributed by atoms with van der Waals surface area (Å²) in [5.41, 5.74) is 6.81. The Bertz CT molecular complexity index is 792. The number of carbonyl (C=O) groups excluding carboxylic acids is 2. The van der Waals surface area contributed by atoms with Crippen molar-refractivity contribution < 1.29 is 14.3 Å². The maximum atomic E-state index is 12.2. The number of hydrogen-bond acceptors (Lipinski definition) is 5. The van der Waals surface area contributed by atoms with Crippen LogP contribution in [0.25, 0.3) is 0 Å². The molecule has 0 saturated heterocycles. The zero-order valence-electron chi connectivity index (χ0n) is 12.6. The molecule has 5 nitrogen and oxygen atoms in total. The number of anilines is 1. The maximum Gasteiger partial charge on any atom is 0.251 e. The van der Waals surface area contributed by atoms with Crippen LogP contribution >= 0.6 is 34.7 Å². The van der Waals surface area contributed by atoms with Gasteiger partial charge in [0.25, 0.3) is 5.91 Å². The molecule has 2 amide bonds. The Balaban J connectivity index is 1.70. The fourth-order valence-electron chi connectivity index (χ4n) is 2.45. The lowest BCUT2D eigenvalue weighted by molar-refractivity contribution is -0.113. The number of fused-ring (bicyclic) bond motifs is 1. The van der Waals surface area contributed by atoms with Crippen LogP contribution in [0.3, 0.4) is 0 Å². The summed E-state index contributed by atoms with van der Waals surface area (Å²) < 4.78 is 5.39. The van der Waals surface area contributed by atoms with Crippen LogP contribution in [0.5, 0.6) is 0 Å². The molecule has 1 aromatic heterocycles. The van der Waals surface area contributed by atoms with Gasteiger partial charge in [-0.2, -0.15) is 0 Å². The van der Waals surface area contributed by atoms with E-state index in [1.165, 1.54) is 23.1 Å². The standard InChI is InChI=1S/C16H15ClN2O3S2/c17-9-2-1-3-10(6-9)23-8-13(20)19-16-14(15(18)21)11-4-5-22-7-12(11)24-16/h1-3,6H,4-5,7-8H2,(H2,18,21)(H,19,20).